The number of aromatic nitrogens is 3. The summed E-state index contributed by atoms with van der Waals surface area (Å²) >= 11 is 1.58. The van der Waals surface area contributed by atoms with Gasteiger partial charge in [-0.25, -0.2) is 14.4 Å². The lowest BCUT2D eigenvalue weighted by molar-refractivity contribution is 0.505. The second kappa shape index (κ2) is 8.43. The van der Waals surface area contributed by atoms with Crippen LogP contribution in [0.25, 0.3) is 26.4 Å². The summed E-state index contributed by atoms with van der Waals surface area (Å²) in [5, 5.41) is 0.902. The highest BCUT2D eigenvalue weighted by Crippen LogP contribution is 2.31. The molecule has 0 amide bonds. The van der Waals surface area contributed by atoms with E-state index in [2.05, 4.69) is 32.0 Å². The van der Waals surface area contributed by atoms with Gasteiger partial charge >= 0.3 is 0 Å². The molecule has 0 saturated carbocycles. The van der Waals surface area contributed by atoms with Crippen LogP contribution < -0.4 is 10.6 Å². The Morgan fingerprint density at radius 1 is 1.25 bits per heavy atom. The van der Waals surface area contributed by atoms with Gasteiger partial charge in [0.15, 0.2) is 0 Å². The first-order valence-electron chi connectivity index (χ1n) is 9.24. The molecular formula is C20H21FN6S. The molecule has 4 heterocycles. The Hall–Kier alpha value is -2.87. The Kier molecular flexibility index (Phi) is 5.57. The number of nitrogens with zero attached hydrogens (tertiary/aromatic N) is 5. The van der Waals surface area contributed by atoms with Crippen molar-refractivity contribution < 1.29 is 4.39 Å². The van der Waals surface area contributed by atoms with Gasteiger partial charge in [0.2, 0.25) is 0 Å². The normalized spacial score (nSPS) is 15.2. The van der Waals surface area contributed by atoms with E-state index in [-0.39, 0.29) is 6.54 Å². The molecule has 3 aromatic rings. The van der Waals surface area contributed by atoms with E-state index in [1.165, 1.54) is 19.0 Å². The molecular weight excluding hydrogens is 375 g/mol. The maximum Gasteiger partial charge on any atom is 0.128 e. The first kappa shape index (κ1) is 18.5. The Morgan fingerprint density at radius 2 is 2.11 bits per heavy atom. The van der Waals surface area contributed by atoms with Crippen LogP contribution in [0.15, 0.2) is 41.8 Å². The first-order valence-corrected chi connectivity index (χ1v) is 10.1. The predicted molar refractivity (Wildman–Crippen MR) is 114 cm³/mol. The number of anilines is 1. The minimum atomic E-state index is -0.499. The molecule has 0 radical (unpaired) electrons. The van der Waals surface area contributed by atoms with Crippen LogP contribution in [0.1, 0.15) is 18.5 Å². The summed E-state index contributed by atoms with van der Waals surface area (Å²) in [4.78, 5) is 20.1. The van der Waals surface area contributed by atoms with Gasteiger partial charge in [-0.1, -0.05) is 0 Å². The minimum Gasteiger partial charge on any atom is -0.404 e. The van der Waals surface area contributed by atoms with Crippen molar-refractivity contribution in [1.82, 2.24) is 15.0 Å². The summed E-state index contributed by atoms with van der Waals surface area (Å²) in [5.41, 5.74) is 8.81. The van der Waals surface area contributed by atoms with E-state index in [0.29, 0.717) is 11.3 Å². The third-order valence-electron chi connectivity index (χ3n) is 4.62. The zero-order chi connectivity index (χ0) is 19.3. The molecule has 1 fully saturated rings. The van der Waals surface area contributed by atoms with E-state index in [1.54, 1.807) is 23.7 Å². The van der Waals surface area contributed by atoms with Crippen LogP contribution in [0.2, 0.25) is 0 Å². The SMILES string of the molecule is NC=C(C=NCCF)c1cc2nc(-c3ccc(N4CCCC4)nc3)sc2cn1. The van der Waals surface area contributed by atoms with Crippen LogP contribution in [0.4, 0.5) is 10.2 Å². The van der Waals surface area contributed by atoms with Crippen molar-refractivity contribution in [2.45, 2.75) is 12.8 Å². The highest BCUT2D eigenvalue weighted by Gasteiger charge is 2.14. The summed E-state index contributed by atoms with van der Waals surface area (Å²) in [6.45, 7) is 1.77. The zero-order valence-electron chi connectivity index (χ0n) is 15.4. The fourth-order valence-electron chi connectivity index (χ4n) is 3.17. The van der Waals surface area contributed by atoms with Crippen molar-refractivity contribution in [3.8, 4) is 10.6 Å². The van der Waals surface area contributed by atoms with Crippen molar-refractivity contribution >= 4 is 39.2 Å². The van der Waals surface area contributed by atoms with Gasteiger partial charge in [0, 0.05) is 49.0 Å². The van der Waals surface area contributed by atoms with Crippen LogP contribution in [-0.2, 0) is 0 Å². The fraction of sp³-hybridized carbons (Fsp3) is 0.300. The molecule has 1 aliphatic heterocycles. The number of aliphatic imine (C=N–C) groups is 1. The number of pyridine rings is 2. The van der Waals surface area contributed by atoms with Crippen LogP contribution in [0.5, 0.6) is 0 Å². The molecule has 0 atom stereocenters. The maximum atomic E-state index is 12.2. The largest absolute Gasteiger partial charge is 0.404 e. The quantitative estimate of drug-likeness (QED) is 0.643. The van der Waals surface area contributed by atoms with Crippen LogP contribution in [0, 0.1) is 0 Å². The topological polar surface area (TPSA) is 80.3 Å². The molecule has 3 aromatic heterocycles. The zero-order valence-corrected chi connectivity index (χ0v) is 16.2. The molecule has 144 valence electrons. The number of fused-ring (bicyclic) bond motifs is 1. The third-order valence-corrected chi connectivity index (χ3v) is 5.67. The lowest BCUT2D eigenvalue weighted by atomic mass is 10.2. The number of hydrogen-bond donors (Lipinski definition) is 1. The van der Waals surface area contributed by atoms with E-state index in [4.69, 9.17) is 10.7 Å². The molecule has 0 aliphatic carbocycles. The van der Waals surface area contributed by atoms with Crippen LogP contribution >= 0.6 is 11.3 Å². The number of allylic oxidation sites excluding steroid dienone is 1. The van der Waals surface area contributed by atoms with E-state index in [9.17, 15) is 4.39 Å². The highest BCUT2D eigenvalue weighted by molar-refractivity contribution is 7.21. The first-order chi connectivity index (χ1) is 13.8. The smallest absolute Gasteiger partial charge is 0.128 e. The minimum absolute atomic E-state index is 0.112. The summed E-state index contributed by atoms with van der Waals surface area (Å²) in [6.07, 6.45) is 9.09. The molecule has 0 aromatic carbocycles. The number of halogens is 1. The number of rotatable bonds is 6. The average molecular weight is 396 g/mol. The van der Waals surface area contributed by atoms with Gasteiger partial charge in [-0.05, 0) is 31.0 Å². The monoisotopic (exact) mass is 396 g/mol. The molecule has 4 rings (SSSR count). The van der Waals surface area contributed by atoms with Gasteiger partial charge in [0.05, 0.1) is 22.5 Å². The van der Waals surface area contributed by atoms with E-state index >= 15 is 0 Å². The van der Waals surface area contributed by atoms with Gasteiger partial charge < -0.3 is 10.6 Å². The van der Waals surface area contributed by atoms with Gasteiger partial charge in [0.25, 0.3) is 0 Å². The molecule has 28 heavy (non-hydrogen) atoms. The van der Waals surface area contributed by atoms with Crippen molar-refractivity contribution in [3.05, 3.63) is 42.5 Å². The summed E-state index contributed by atoms with van der Waals surface area (Å²) in [5.74, 6) is 1.02. The maximum absolute atomic E-state index is 12.2. The molecule has 0 bridgehead atoms. The van der Waals surface area contributed by atoms with Gasteiger partial charge in [0.1, 0.15) is 17.5 Å². The number of alkyl halides is 1. The Bertz CT molecular complexity index is 1010. The predicted octanol–water partition coefficient (Wildman–Crippen LogP) is 3.69. The fourth-order valence-corrected chi connectivity index (χ4v) is 4.07. The Labute approximate surface area is 166 Å². The molecule has 0 spiro atoms. The summed E-state index contributed by atoms with van der Waals surface area (Å²) < 4.78 is 13.2. The molecule has 0 unspecified atom stereocenters. The molecule has 1 saturated heterocycles. The standard InChI is InChI=1S/C20H21FN6S/c21-5-6-23-11-15(10-22)16-9-17-18(13-24-16)28-20(26-17)14-3-4-19(25-12-14)27-7-1-2-8-27/h3-4,9-13H,1-2,5-8,22H2. The number of hydrogen-bond acceptors (Lipinski definition) is 7. The van der Waals surface area contributed by atoms with Gasteiger partial charge in [-0.2, -0.15) is 0 Å². The van der Waals surface area contributed by atoms with Crippen molar-refractivity contribution in [2.75, 3.05) is 31.2 Å². The summed E-state index contributed by atoms with van der Waals surface area (Å²) in [6, 6.07) is 6.01. The van der Waals surface area contributed by atoms with Crippen molar-refractivity contribution in [2.24, 2.45) is 10.7 Å². The van der Waals surface area contributed by atoms with E-state index < -0.39 is 6.67 Å². The lowest BCUT2D eigenvalue weighted by Gasteiger charge is -2.15. The van der Waals surface area contributed by atoms with Crippen LogP contribution in [0.3, 0.4) is 0 Å². The highest BCUT2D eigenvalue weighted by atomic mass is 32.1. The second-order valence-electron chi connectivity index (χ2n) is 6.50. The van der Waals surface area contributed by atoms with Gasteiger partial charge in [-0.15, -0.1) is 11.3 Å². The van der Waals surface area contributed by atoms with E-state index in [1.807, 2.05) is 12.3 Å². The molecule has 1 aliphatic rings. The van der Waals surface area contributed by atoms with Gasteiger partial charge in [-0.3, -0.25) is 9.98 Å². The molecule has 2 N–H and O–H groups in total. The Balaban J connectivity index is 1.59. The van der Waals surface area contributed by atoms with Crippen molar-refractivity contribution in [3.63, 3.8) is 0 Å². The van der Waals surface area contributed by atoms with E-state index in [0.717, 1.165) is 39.7 Å². The van der Waals surface area contributed by atoms with Crippen molar-refractivity contribution in [1.29, 1.82) is 0 Å². The average Bonchev–Trinajstić information content (AvgIpc) is 3.41. The third kappa shape index (κ3) is 3.87. The number of thiazole rings is 1. The Morgan fingerprint density at radius 3 is 2.82 bits per heavy atom. The second-order valence-corrected chi connectivity index (χ2v) is 7.53. The summed E-state index contributed by atoms with van der Waals surface area (Å²) in [7, 11) is 0. The molecule has 8 heteroatoms. The lowest BCUT2D eigenvalue weighted by Crippen LogP contribution is -2.18. The molecule has 6 nitrogen and oxygen atoms in total. The number of nitrogens with two attached hydrogens (primary N) is 1. The van der Waals surface area contributed by atoms with Crippen LogP contribution in [-0.4, -0.2) is 47.5 Å².